The summed E-state index contributed by atoms with van der Waals surface area (Å²) in [4.78, 5) is 0. The molecular formula is C23H47NO2. The number of hydrogen-bond acceptors (Lipinski definition) is 3. The Balaban J connectivity index is 3.00. The third-order valence-corrected chi connectivity index (χ3v) is 5.29. The molecule has 0 aliphatic carbocycles. The van der Waals surface area contributed by atoms with E-state index in [-0.39, 0.29) is 0 Å². The quantitative estimate of drug-likeness (QED) is 0.139. The van der Waals surface area contributed by atoms with Gasteiger partial charge in [-0.1, -0.05) is 116 Å². The summed E-state index contributed by atoms with van der Waals surface area (Å²) in [5, 5.41) is 17.4. The number of unbranched alkanes of at least 4 members (excludes halogenated alkanes) is 18. The predicted molar refractivity (Wildman–Crippen MR) is 113 cm³/mol. The normalized spacial score (nSPS) is 11.0. The summed E-state index contributed by atoms with van der Waals surface area (Å²) in [5.74, 6) is 0. The first-order chi connectivity index (χ1) is 12.8. The summed E-state index contributed by atoms with van der Waals surface area (Å²) < 4.78 is 0. The van der Waals surface area contributed by atoms with Crippen molar-refractivity contribution in [3.05, 3.63) is 12.3 Å². The van der Waals surface area contributed by atoms with Crippen molar-refractivity contribution in [1.82, 2.24) is 5.48 Å². The highest BCUT2D eigenvalue weighted by atomic mass is 16.5. The number of aliphatic hydroxyl groups is 1. The van der Waals surface area contributed by atoms with Gasteiger partial charge < -0.3 is 5.11 Å². The number of allylic oxidation sites excluding steroid dienone is 1. The molecule has 0 amide bonds. The van der Waals surface area contributed by atoms with Gasteiger partial charge in [-0.25, -0.2) is 0 Å². The van der Waals surface area contributed by atoms with E-state index in [0.717, 1.165) is 25.0 Å². The van der Waals surface area contributed by atoms with Crippen LogP contribution >= 0.6 is 0 Å². The standard InChI is InChI=1S/C23H47NO2/c1-23(24-26)21-19-17-15-13-11-9-7-5-3-2-4-6-8-10-12-14-16-18-20-22-25/h24-26H,1-22H2. The van der Waals surface area contributed by atoms with Gasteiger partial charge in [0, 0.05) is 12.3 Å². The van der Waals surface area contributed by atoms with E-state index >= 15 is 0 Å². The van der Waals surface area contributed by atoms with Gasteiger partial charge in [-0.15, -0.1) is 0 Å². The molecule has 0 fully saturated rings. The number of rotatable bonds is 22. The molecule has 0 bridgehead atoms. The van der Waals surface area contributed by atoms with Crippen LogP contribution in [0.4, 0.5) is 0 Å². The second-order valence-corrected chi connectivity index (χ2v) is 7.91. The van der Waals surface area contributed by atoms with Gasteiger partial charge >= 0.3 is 0 Å². The van der Waals surface area contributed by atoms with Crippen LogP contribution in [0, 0.1) is 0 Å². The Bertz CT molecular complexity index is 281. The van der Waals surface area contributed by atoms with E-state index in [1.54, 1.807) is 0 Å². The molecule has 0 aliphatic rings. The summed E-state index contributed by atoms with van der Waals surface area (Å²) in [7, 11) is 0. The molecule has 0 atom stereocenters. The third kappa shape index (κ3) is 21.5. The van der Waals surface area contributed by atoms with E-state index in [9.17, 15) is 0 Å². The van der Waals surface area contributed by atoms with Crippen LogP contribution in [0.1, 0.15) is 128 Å². The fourth-order valence-electron chi connectivity index (χ4n) is 3.51. The van der Waals surface area contributed by atoms with Crippen LogP contribution in [0.2, 0.25) is 0 Å². The van der Waals surface area contributed by atoms with Gasteiger partial charge in [0.05, 0.1) is 0 Å². The van der Waals surface area contributed by atoms with Crippen molar-refractivity contribution >= 4 is 0 Å². The van der Waals surface area contributed by atoms with Gasteiger partial charge in [0.15, 0.2) is 0 Å². The molecule has 3 N–H and O–H groups in total. The molecule has 0 aliphatic heterocycles. The first-order valence-corrected chi connectivity index (χ1v) is 11.5. The molecular weight excluding hydrogens is 322 g/mol. The topological polar surface area (TPSA) is 52.5 Å². The third-order valence-electron chi connectivity index (χ3n) is 5.29. The maximum Gasteiger partial charge on any atom is 0.0431 e. The Morgan fingerprint density at radius 1 is 0.500 bits per heavy atom. The van der Waals surface area contributed by atoms with E-state index in [2.05, 4.69) is 12.1 Å². The molecule has 0 heterocycles. The molecule has 3 heteroatoms. The highest BCUT2D eigenvalue weighted by molar-refractivity contribution is 4.86. The molecule has 0 spiro atoms. The number of aliphatic hydroxyl groups excluding tert-OH is 1. The number of hydrogen-bond donors (Lipinski definition) is 3. The van der Waals surface area contributed by atoms with Crippen LogP contribution in [0.5, 0.6) is 0 Å². The zero-order valence-electron chi connectivity index (χ0n) is 17.5. The molecule has 3 nitrogen and oxygen atoms in total. The first kappa shape index (κ1) is 25.5. The second-order valence-electron chi connectivity index (χ2n) is 7.91. The Labute approximate surface area is 163 Å². The van der Waals surface area contributed by atoms with E-state index < -0.39 is 0 Å². The van der Waals surface area contributed by atoms with Crippen LogP contribution in [-0.2, 0) is 0 Å². The predicted octanol–water partition coefficient (Wildman–Crippen LogP) is 7.27. The van der Waals surface area contributed by atoms with Gasteiger partial charge in [-0.05, 0) is 19.3 Å². The van der Waals surface area contributed by atoms with Crippen LogP contribution in [0.25, 0.3) is 0 Å². The molecule has 0 aromatic heterocycles. The lowest BCUT2D eigenvalue weighted by atomic mass is 10.0. The minimum absolute atomic E-state index is 0.362. The summed E-state index contributed by atoms with van der Waals surface area (Å²) in [6.07, 6.45) is 26.4. The highest BCUT2D eigenvalue weighted by Crippen LogP contribution is 2.15. The van der Waals surface area contributed by atoms with Crippen molar-refractivity contribution in [2.24, 2.45) is 0 Å². The van der Waals surface area contributed by atoms with Gasteiger partial charge in [0.25, 0.3) is 0 Å². The summed E-state index contributed by atoms with van der Waals surface area (Å²) in [6, 6.07) is 0. The molecule has 0 unspecified atom stereocenters. The molecule has 156 valence electrons. The molecule has 0 saturated carbocycles. The first-order valence-electron chi connectivity index (χ1n) is 11.5. The van der Waals surface area contributed by atoms with Crippen molar-refractivity contribution in [2.45, 2.75) is 128 Å². The van der Waals surface area contributed by atoms with Gasteiger partial charge in [-0.2, -0.15) is 0 Å². The van der Waals surface area contributed by atoms with Crippen molar-refractivity contribution in [3.8, 4) is 0 Å². The molecule has 26 heavy (non-hydrogen) atoms. The van der Waals surface area contributed by atoms with Crippen molar-refractivity contribution in [1.29, 1.82) is 0 Å². The molecule has 0 aromatic carbocycles. The van der Waals surface area contributed by atoms with Crippen molar-refractivity contribution < 1.29 is 10.3 Å². The Hall–Kier alpha value is -0.540. The van der Waals surface area contributed by atoms with Crippen molar-refractivity contribution in [3.63, 3.8) is 0 Å². The molecule has 0 saturated heterocycles. The summed E-state index contributed by atoms with van der Waals surface area (Å²) in [6.45, 7) is 4.09. The van der Waals surface area contributed by atoms with Crippen LogP contribution in [0.15, 0.2) is 12.3 Å². The Kier molecular flexibility index (Phi) is 22.0. The maximum atomic E-state index is 8.72. The minimum Gasteiger partial charge on any atom is -0.396 e. The van der Waals surface area contributed by atoms with Crippen LogP contribution in [-0.4, -0.2) is 16.9 Å². The van der Waals surface area contributed by atoms with E-state index in [1.165, 1.54) is 109 Å². The fourth-order valence-corrected chi connectivity index (χ4v) is 3.51. The second kappa shape index (κ2) is 22.5. The lowest BCUT2D eigenvalue weighted by Crippen LogP contribution is -2.04. The van der Waals surface area contributed by atoms with Gasteiger partial charge in [-0.3, -0.25) is 10.7 Å². The monoisotopic (exact) mass is 369 g/mol. The van der Waals surface area contributed by atoms with E-state index in [0.29, 0.717) is 6.61 Å². The Morgan fingerprint density at radius 3 is 1.04 bits per heavy atom. The summed E-state index contributed by atoms with van der Waals surface area (Å²) >= 11 is 0. The van der Waals surface area contributed by atoms with E-state index in [1.807, 2.05) is 0 Å². The largest absolute Gasteiger partial charge is 0.396 e. The smallest absolute Gasteiger partial charge is 0.0431 e. The average molecular weight is 370 g/mol. The number of nitrogens with one attached hydrogen (secondary N) is 1. The zero-order chi connectivity index (χ0) is 19.1. The van der Waals surface area contributed by atoms with Gasteiger partial charge in [0.1, 0.15) is 0 Å². The lowest BCUT2D eigenvalue weighted by molar-refractivity contribution is 0.196. The lowest BCUT2D eigenvalue weighted by Gasteiger charge is -2.04. The van der Waals surface area contributed by atoms with E-state index in [4.69, 9.17) is 10.3 Å². The summed E-state index contributed by atoms with van der Waals surface area (Å²) in [5.41, 5.74) is 2.86. The van der Waals surface area contributed by atoms with Crippen molar-refractivity contribution in [2.75, 3.05) is 6.61 Å². The highest BCUT2D eigenvalue weighted by Gasteiger charge is 1.96. The van der Waals surface area contributed by atoms with Crippen LogP contribution < -0.4 is 5.48 Å². The minimum atomic E-state index is 0.362. The zero-order valence-corrected chi connectivity index (χ0v) is 17.5. The van der Waals surface area contributed by atoms with Gasteiger partial charge in [0.2, 0.25) is 0 Å². The number of hydroxylamine groups is 1. The average Bonchev–Trinajstić information content (AvgIpc) is 2.66. The maximum absolute atomic E-state index is 8.72. The SMILES string of the molecule is C=C(CCCCCCCCCCCCCCCCCCCCCO)NO. The molecule has 0 aromatic rings. The fraction of sp³-hybridized carbons (Fsp3) is 0.913. The molecule has 0 rings (SSSR count). The van der Waals surface area contributed by atoms with Crippen LogP contribution in [0.3, 0.4) is 0 Å². The molecule has 0 radical (unpaired) electrons. The Morgan fingerprint density at radius 2 is 0.769 bits per heavy atom.